The van der Waals surface area contributed by atoms with Crippen molar-refractivity contribution in [2.75, 3.05) is 13.1 Å². The van der Waals surface area contributed by atoms with Crippen LogP contribution in [0.2, 0.25) is 0 Å². The predicted molar refractivity (Wildman–Crippen MR) is 92.6 cm³/mol. The quantitative estimate of drug-likeness (QED) is 0.795. The van der Waals surface area contributed by atoms with Crippen molar-refractivity contribution in [3.63, 3.8) is 0 Å². The van der Waals surface area contributed by atoms with E-state index < -0.39 is 0 Å². The molecule has 1 saturated carbocycles. The van der Waals surface area contributed by atoms with Gasteiger partial charge in [-0.1, -0.05) is 30.2 Å². The van der Waals surface area contributed by atoms with Crippen molar-refractivity contribution >= 4 is 5.91 Å². The number of allylic oxidation sites excluding steroid dienone is 2. The van der Waals surface area contributed by atoms with Crippen molar-refractivity contribution in [1.29, 1.82) is 0 Å². The molecule has 0 radical (unpaired) electrons. The summed E-state index contributed by atoms with van der Waals surface area (Å²) in [4.78, 5) is 14.5. The highest BCUT2D eigenvalue weighted by atomic mass is 16.2. The molecule has 0 bridgehead atoms. The van der Waals surface area contributed by atoms with Gasteiger partial charge in [0, 0.05) is 31.6 Å². The molecule has 2 heterocycles. The summed E-state index contributed by atoms with van der Waals surface area (Å²) in [5.74, 6) is 1.43. The molecule has 1 saturated heterocycles. The van der Waals surface area contributed by atoms with E-state index in [1.807, 2.05) is 0 Å². The number of carbonyl (C=O) groups excluding carboxylic acids is 1. The molecule has 1 amide bonds. The van der Waals surface area contributed by atoms with E-state index >= 15 is 0 Å². The molecule has 1 aromatic heterocycles. The van der Waals surface area contributed by atoms with Crippen molar-refractivity contribution in [3.8, 4) is 0 Å². The monoisotopic (exact) mass is 328 g/mol. The lowest BCUT2D eigenvalue weighted by atomic mass is 10.0. The first-order valence-electron chi connectivity index (χ1n) is 9.66. The molecule has 1 aromatic rings. The van der Waals surface area contributed by atoms with Gasteiger partial charge in [0.25, 0.3) is 0 Å². The average Bonchev–Trinajstić information content (AvgIpc) is 3.36. The molecule has 0 aromatic carbocycles. The lowest BCUT2D eigenvalue weighted by molar-refractivity contribution is -0.133. The molecule has 2 fully saturated rings. The van der Waals surface area contributed by atoms with Gasteiger partial charge < -0.3 is 4.90 Å². The van der Waals surface area contributed by atoms with Crippen molar-refractivity contribution in [2.45, 2.75) is 69.7 Å². The first-order chi connectivity index (χ1) is 11.8. The zero-order chi connectivity index (χ0) is 16.4. The van der Waals surface area contributed by atoms with Gasteiger partial charge >= 0.3 is 0 Å². The normalized spacial score (nSPS) is 25.7. The van der Waals surface area contributed by atoms with Gasteiger partial charge in [-0.15, -0.1) is 5.10 Å². The molecular formula is C19H28N4O. The number of hydrogen-bond acceptors (Lipinski definition) is 3. The first-order valence-corrected chi connectivity index (χ1v) is 9.66. The predicted octanol–water partition coefficient (Wildman–Crippen LogP) is 3.46. The topological polar surface area (TPSA) is 51.0 Å². The van der Waals surface area contributed by atoms with E-state index in [9.17, 15) is 4.79 Å². The Morgan fingerprint density at radius 1 is 1.12 bits per heavy atom. The van der Waals surface area contributed by atoms with Crippen LogP contribution in [0.15, 0.2) is 18.3 Å². The van der Waals surface area contributed by atoms with Crippen LogP contribution in [0.3, 0.4) is 0 Å². The Kier molecular flexibility index (Phi) is 4.67. The fraction of sp³-hybridized carbons (Fsp3) is 0.737. The minimum Gasteiger partial charge on any atom is -0.343 e. The van der Waals surface area contributed by atoms with E-state index in [-0.39, 0.29) is 0 Å². The van der Waals surface area contributed by atoms with Crippen LogP contribution in [0.4, 0.5) is 0 Å². The zero-order valence-electron chi connectivity index (χ0n) is 14.4. The highest BCUT2D eigenvalue weighted by Crippen LogP contribution is 2.33. The van der Waals surface area contributed by atoms with Crippen LogP contribution in [0.25, 0.3) is 0 Å². The summed E-state index contributed by atoms with van der Waals surface area (Å²) in [7, 11) is 0. The molecule has 0 N–H and O–H groups in total. The van der Waals surface area contributed by atoms with Gasteiger partial charge in [0.05, 0.1) is 11.7 Å². The molecule has 1 atom stereocenters. The molecule has 0 unspecified atom stereocenters. The summed E-state index contributed by atoms with van der Waals surface area (Å²) in [6, 6.07) is 0.406. The number of nitrogens with zero attached hydrogens (tertiary/aromatic N) is 4. The Balaban J connectivity index is 1.29. The number of piperidine rings is 1. The molecule has 2 aliphatic carbocycles. The van der Waals surface area contributed by atoms with Crippen molar-refractivity contribution < 1.29 is 4.79 Å². The Labute approximate surface area is 144 Å². The maximum absolute atomic E-state index is 12.4. The number of likely N-dealkylation sites (tertiary alicyclic amines) is 1. The van der Waals surface area contributed by atoms with E-state index in [4.69, 9.17) is 0 Å². The van der Waals surface area contributed by atoms with E-state index in [1.54, 1.807) is 0 Å². The maximum atomic E-state index is 12.4. The van der Waals surface area contributed by atoms with Crippen LogP contribution in [-0.2, 0) is 4.79 Å². The summed E-state index contributed by atoms with van der Waals surface area (Å²) in [5.41, 5.74) is 1.18. The van der Waals surface area contributed by atoms with Crippen LogP contribution in [0.1, 0.15) is 75.4 Å². The van der Waals surface area contributed by atoms with E-state index in [1.165, 1.54) is 31.4 Å². The highest BCUT2D eigenvalue weighted by molar-refractivity contribution is 5.76. The fourth-order valence-corrected chi connectivity index (χ4v) is 4.48. The van der Waals surface area contributed by atoms with Crippen molar-refractivity contribution in [1.82, 2.24) is 19.9 Å². The average molecular weight is 328 g/mol. The van der Waals surface area contributed by atoms with Gasteiger partial charge in [0.1, 0.15) is 0 Å². The van der Waals surface area contributed by atoms with Crippen LogP contribution < -0.4 is 0 Å². The lowest BCUT2D eigenvalue weighted by Crippen LogP contribution is -2.39. The molecule has 0 spiro atoms. The van der Waals surface area contributed by atoms with Crippen LogP contribution in [0.5, 0.6) is 0 Å². The summed E-state index contributed by atoms with van der Waals surface area (Å²) in [5, 5.41) is 8.81. The number of amides is 1. The smallest absolute Gasteiger partial charge is 0.223 e. The van der Waals surface area contributed by atoms with Gasteiger partial charge in [-0.05, 0) is 44.4 Å². The molecule has 5 nitrogen and oxygen atoms in total. The third-order valence-electron chi connectivity index (χ3n) is 6.04. The molecule has 5 heteroatoms. The van der Waals surface area contributed by atoms with E-state index in [0.29, 0.717) is 30.2 Å². The lowest BCUT2D eigenvalue weighted by Gasteiger charge is -2.32. The molecule has 130 valence electrons. The summed E-state index contributed by atoms with van der Waals surface area (Å²) in [6.45, 7) is 1.72. The second-order valence-corrected chi connectivity index (χ2v) is 7.69. The van der Waals surface area contributed by atoms with Crippen molar-refractivity contribution in [2.24, 2.45) is 5.92 Å². The molecule has 4 rings (SSSR count). The Bertz CT molecular complexity index is 594. The first kappa shape index (κ1) is 15.9. The Morgan fingerprint density at radius 2 is 1.92 bits per heavy atom. The second kappa shape index (κ2) is 7.08. The van der Waals surface area contributed by atoms with E-state index in [0.717, 1.165) is 38.8 Å². The number of hydrogen-bond donors (Lipinski definition) is 0. The van der Waals surface area contributed by atoms with Crippen LogP contribution in [0, 0.1) is 5.92 Å². The molecule has 3 aliphatic rings. The Hall–Kier alpha value is -1.65. The van der Waals surface area contributed by atoms with Gasteiger partial charge in [-0.3, -0.25) is 4.79 Å². The fourth-order valence-electron chi connectivity index (χ4n) is 4.48. The van der Waals surface area contributed by atoms with Crippen LogP contribution >= 0.6 is 0 Å². The molecule has 1 aliphatic heterocycles. The van der Waals surface area contributed by atoms with Gasteiger partial charge in [-0.25, -0.2) is 4.68 Å². The number of rotatable bonds is 4. The zero-order valence-corrected chi connectivity index (χ0v) is 14.4. The summed E-state index contributed by atoms with van der Waals surface area (Å²) in [6.07, 6.45) is 16.7. The van der Waals surface area contributed by atoms with Gasteiger partial charge in [0.15, 0.2) is 0 Å². The minimum absolute atomic E-state index is 0.329. The molecule has 24 heavy (non-hydrogen) atoms. The largest absolute Gasteiger partial charge is 0.343 e. The second-order valence-electron chi connectivity index (χ2n) is 7.69. The summed E-state index contributed by atoms with van der Waals surface area (Å²) >= 11 is 0. The standard InChI is InChI=1S/C19H28N4O/c24-19(13-15-5-1-2-6-15)22-11-9-17(10-12-22)23-14-18(20-21-23)16-7-3-4-8-16/h1,5,14-17H,2-4,6-13H2/t15-/m1/s1. The van der Waals surface area contributed by atoms with Crippen LogP contribution in [-0.4, -0.2) is 38.9 Å². The SMILES string of the molecule is O=C(C[C@@H]1C=CCC1)N1CCC(n2cc(C3CCCC3)nn2)CC1. The minimum atomic E-state index is 0.329. The molecular weight excluding hydrogens is 300 g/mol. The number of carbonyl (C=O) groups is 1. The number of aromatic nitrogens is 3. The van der Waals surface area contributed by atoms with Crippen molar-refractivity contribution in [3.05, 3.63) is 24.0 Å². The maximum Gasteiger partial charge on any atom is 0.223 e. The third-order valence-corrected chi connectivity index (χ3v) is 6.04. The Morgan fingerprint density at radius 3 is 2.62 bits per heavy atom. The van der Waals surface area contributed by atoms with Gasteiger partial charge in [0.2, 0.25) is 5.91 Å². The van der Waals surface area contributed by atoms with E-state index in [2.05, 4.69) is 38.2 Å². The van der Waals surface area contributed by atoms with Gasteiger partial charge in [-0.2, -0.15) is 0 Å². The summed E-state index contributed by atoms with van der Waals surface area (Å²) < 4.78 is 2.06. The third kappa shape index (κ3) is 3.40. The highest BCUT2D eigenvalue weighted by Gasteiger charge is 2.27.